The summed E-state index contributed by atoms with van der Waals surface area (Å²) >= 11 is 0. The number of nitrogens with zero attached hydrogens (tertiary/aromatic N) is 2. The molecule has 4 nitrogen and oxygen atoms in total. The number of rotatable bonds is 2. The maximum Gasteiger partial charge on any atom is 0.197 e. The van der Waals surface area contributed by atoms with Gasteiger partial charge in [-0.05, 0) is 6.92 Å². The van der Waals surface area contributed by atoms with Crippen LogP contribution in [0.5, 0.6) is 0 Å². The van der Waals surface area contributed by atoms with Crippen molar-refractivity contribution in [2.45, 2.75) is 18.9 Å². The summed E-state index contributed by atoms with van der Waals surface area (Å²) in [5.74, 6) is 0.0364. The zero-order chi connectivity index (χ0) is 11.8. The summed E-state index contributed by atoms with van der Waals surface area (Å²) in [4.78, 5) is 0. The highest BCUT2D eigenvalue weighted by molar-refractivity contribution is 7.91. The molecule has 1 aromatic heterocycles. The minimum Gasteiger partial charge on any atom is -0.222 e. The second-order valence-corrected chi connectivity index (χ2v) is 5.73. The van der Waals surface area contributed by atoms with Gasteiger partial charge in [0.25, 0.3) is 0 Å². The van der Waals surface area contributed by atoms with Gasteiger partial charge in [-0.3, -0.25) is 0 Å². The van der Waals surface area contributed by atoms with Gasteiger partial charge in [0.15, 0.2) is 14.9 Å². The Morgan fingerprint density at radius 2 is 1.75 bits per heavy atom. The molecule has 0 amide bonds. The molecule has 1 aromatic carbocycles. The Morgan fingerprint density at radius 3 is 2.38 bits per heavy atom. The molecule has 1 heterocycles. The number of aryl methyl sites for hydroxylation is 1. The maximum absolute atomic E-state index is 11.8. The molecular weight excluding hydrogens is 224 g/mol. The molecule has 0 fully saturated rings. The Balaban J connectivity index is 2.88. The van der Waals surface area contributed by atoms with E-state index in [0.29, 0.717) is 5.39 Å². The zero-order valence-electron chi connectivity index (χ0n) is 9.14. The standard InChI is InChI=1S/C11H12N2O2S/c1-3-16(14,15)11-10-7-5-4-6-9(10)8(2)12-13-11/h4-7H,3H2,1-2H3. The lowest BCUT2D eigenvalue weighted by atomic mass is 10.1. The molecule has 0 spiro atoms. The van der Waals surface area contributed by atoms with Gasteiger partial charge in [-0.2, -0.15) is 5.10 Å². The van der Waals surface area contributed by atoms with E-state index in [4.69, 9.17) is 0 Å². The fourth-order valence-electron chi connectivity index (χ4n) is 1.58. The predicted octanol–water partition coefficient (Wildman–Crippen LogP) is 1.73. The molecule has 0 aliphatic rings. The first-order valence-corrected chi connectivity index (χ1v) is 6.66. The summed E-state index contributed by atoms with van der Waals surface area (Å²) in [6, 6.07) is 7.28. The molecule has 2 aromatic rings. The van der Waals surface area contributed by atoms with Gasteiger partial charge in [-0.1, -0.05) is 31.2 Å². The van der Waals surface area contributed by atoms with Crippen LogP contribution in [0.15, 0.2) is 29.3 Å². The van der Waals surface area contributed by atoms with Crippen molar-refractivity contribution in [2.24, 2.45) is 0 Å². The second kappa shape index (κ2) is 3.83. The Labute approximate surface area is 94.2 Å². The molecule has 0 saturated carbocycles. The Hall–Kier alpha value is -1.49. The van der Waals surface area contributed by atoms with Crippen LogP contribution in [0.4, 0.5) is 0 Å². The van der Waals surface area contributed by atoms with Gasteiger partial charge < -0.3 is 0 Å². The van der Waals surface area contributed by atoms with Crippen molar-refractivity contribution in [3.05, 3.63) is 30.0 Å². The quantitative estimate of drug-likeness (QED) is 0.796. The predicted molar refractivity (Wildman–Crippen MR) is 62.0 cm³/mol. The molecule has 0 aliphatic heterocycles. The van der Waals surface area contributed by atoms with Crippen molar-refractivity contribution >= 4 is 20.6 Å². The first-order chi connectivity index (χ1) is 7.56. The molecule has 0 bridgehead atoms. The molecule has 84 valence electrons. The monoisotopic (exact) mass is 236 g/mol. The van der Waals surface area contributed by atoms with Gasteiger partial charge in [0.05, 0.1) is 11.4 Å². The number of sulfone groups is 1. The van der Waals surface area contributed by atoms with E-state index in [1.54, 1.807) is 19.1 Å². The molecule has 0 aliphatic carbocycles. The van der Waals surface area contributed by atoms with Crippen LogP contribution < -0.4 is 0 Å². The van der Waals surface area contributed by atoms with E-state index in [-0.39, 0.29) is 10.8 Å². The second-order valence-electron chi connectivity index (χ2n) is 3.54. The van der Waals surface area contributed by atoms with Crippen LogP contribution in [0.2, 0.25) is 0 Å². The van der Waals surface area contributed by atoms with Crippen molar-refractivity contribution in [2.75, 3.05) is 5.75 Å². The molecule has 0 unspecified atom stereocenters. The lowest BCUT2D eigenvalue weighted by molar-refractivity contribution is 0.592. The Bertz CT molecular complexity index is 635. The van der Waals surface area contributed by atoms with E-state index >= 15 is 0 Å². The average Bonchev–Trinajstić information content (AvgIpc) is 2.29. The Morgan fingerprint density at radius 1 is 1.12 bits per heavy atom. The van der Waals surface area contributed by atoms with Gasteiger partial charge in [-0.25, -0.2) is 8.42 Å². The van der Waals surface area contributed by atoms with Crippen molar-refractivity contribution in [3.8, 4) is 0 Å². The molecule has 0 saturated heterocycles. The van der Waals surface area contributed by atoms with Crippen LogP contribution in [-0.4, -0.2) is 24.4 Å². The number of fused-ring (bicyclic) bond motifs is 1. The molecule has 5 heteroatoms. The SMILES string of the molecule is CCS(=O)(=O)c1nnc(C)c2ccccc12. The van der Waals surface area contributed by atoms with Crippen molar-refractivity contribution in [1.29, 1.82) is 0 Å². The van der Waals surface area contributed by atoms with Crippen molar-refractivity contribution in [3.63, 3.8) is 0 Å². The number of aromatic nitrogens is 2. The minimum atomic E-state index is -3.32. The van der Waals surface area contributed by atoms with Crippen molar-refractivity contribution in [1.82, 2.24) is 10.2 Å². The molecule has 0 atom stereocenters. The van der Waals surface area contributed by atoms with Crippen LogP contribution in [0, 0.1) is 6.92 Å². The number of hydrogen-bond donors (Lipinski definition) is 0. The van der Waals surface area contributed by atoms with Crippen molar-refractivity contribution < 1.29 is 8.42 Å². The first kappa shape index (κ1) is 11.0. The van der Waals surface area contributed by atoms with E-state index in [1.165, 1.54) is 0 Å². The molecule has 16 heavy (non-hydrogen) atoms. The largest absolute Gasteiger partial charge is 0.222 e. The van der Waals surface area contributed by atoms with Crippen LogP contribution in [0.1, 0.15) is 12.6 Å². The minimum absolute atomic E-state index is 0.0364. The summed E-state index contributed by atoms with van der Waals surface area (Å²) in [7, 11) is -3.32. The lowest BCUT2D eigenvalue weighted by Gasteiger charge is -2.05. The number of benzene rings is 1. The third-order valence-electron chi connectivity index (χ3n) is 2.51. The lowest BCUT2D eigenvalue weighted by Crippen LogP contribution is -2.08. The summed E-state index contributed by atoms with van der Waals surface area (Å²) < 4.78 is 23.6. The van der Waals surface area contributed by atoms with Gasteiger partial charge in [0.2, 0.25) is 0 Å². The third kappa shape index (κ3) is 1.67. The highest BCUT2D eigenvalue weighted by Crippen LogP contribution is 2.22. The van der Waals surface area contributed by atoms with Crippen LogP contribution >= 0.6 is 0 Å². The van der Waals surface area contributed by atoms with Crippen LogP contribution in [0.25, 0.3) is 10.8 Å². The summed E-state index contributed by atoms with van der Waals surface area (Å²) in [6.07, 6.45) is 0. The van der Waals surface area contributed by atoms with E-state index in [2.05, 4.69) is 10.2 Å². The molecular formula is C11H12N2O2S. The van der Waals surface area contributed by atoms with Gasteiger partial charge in [0, 0.05) is 10.8 Å². The van der Waals surface area contributed by atoms with Crippen LogP contribution in [-0.2, 0) is 9.84 Å². The third-order valence-corrected chi connectivity index (χ3v) is 4.16. The van der Waals surface area contributed by atoms with E-state index < -0.39 is 9.84 Å². The van der Waals surface area contributed by atoms with E-state index in [9.17, 15) is 8.42 Å². The fourth-order valence-corrected chi connectivity index (χ4v) is 2.53. The summed E-state index contributed by atoms with van der Waals surface area (Å²) in [5.41, 5.74) is 0.741. The molecule has 0 radical (unpaired) electrons. The smallest absolute Gasteiger partial charge is 0.197 e. The molecule has 2 rings (SSSR count). The maximum atomic E-state index is 11.8. The van der Waals surface area contributed by atoms with Gasteiger partial charge in [-0.15, -0.1) is 5.10 Å². The first-order valence-electron chi connectivity index (χ1n) is 5.01. The highest BCUT2D eigenvalue weighted by Gasteiger charge is 2.18. The van der Waals surface area contributed by atoms with E-state index in [1.807, 2.05) is 19.1 Å². The van der Waals surface area contributed by atoms with Crippen LogP contribution in [0.3, 0.4) is 0 Å². The highest BCUT2D eigenvalue weighted by atomic mass is 32.2. The number of hydrogen-bond acceptors (Lipinski definition) is 4. The average molecular weight is 236 g/mol. The zero-order valence-corrected chi connectivity index (χ0v) is 9.95. The summed E-state index contributed by atoms with van der Waals surface area (Å²) in [6.45, 7) is 3.42. The van der Waals surface area contributed by atoms with Gasteiger partial charge in [0.1, 0.15) is 0 Å². The van der Waals surface area contributed by atoms with E-state index in [0.717, 1.165) is 11.1 Å². The topological polar surface area (TPSA) is 59.9 Å². The molecule has 0 N–H and O–H groups in total. The normalized spacial score (nSPS) is 11.9. The Kier molecular flexibility index (Phi) is 2.63. The fraction of sp³-hybridized carbons (Fsp3) is 0.273. The van der Waals surface area contributed by atoms with Gasteiger partial charge >= 0.3 is 0 Å². The summed E-state index contributed by atoms with van der Waals surface area (Å²) in [5, 5.41) is 9.27.